The van der Waals surface area contributed by atoms with Crippen molar-refractivity contribution in [2.75, 3.05) is 12.9 Å². The molecule has 142 valence electrons. The molecule has 0 atom stereocenters. The maximum atomic E-state index is 13.5. The van der Waals surface area contributed by atoms with Crippen molar-refractivity contribution in [1.29, 1.82) is 0 Å². The average molecular weight is 416 g/mol. The van der Waals surface area contributed by atoms with Crippen molar-refractivity contribution in [2.45, 2.75) is 18.2 Å². The Morgan fingerprint density at radius 3 is 2.93 bits per heavy atom. The number of ether oxygens (including phenoxy) is 1. The summed E-state index contributed by atoms with van der Waals surface area (Å²) >= 11 is 7.84. The van der Waals surface area contributed by atoms with Gasteiger partial charge in [0.05, 0.1) is 12.6 Å². The van der Waals surface area contributed by atoms with E-state index in [-0.39, 0.29) is 5.56 Å². The lowest BCUT2D eigenvalue weighted by atomic mass is 10.2. The topological polar surface area (TPSA) is 49.1 Å². The third-order valence-corrected chi connectivity index (χ3v) is 6.33. The van der Waals surface area contributed by atoms with Crippen molar-refractivity contribution in [2.24, 2.45) is 0 Å². The number of rotatable bonds is 3. The number of nitrogens with zero attached hydrogens (tertiary/aromatic N) is 3. The molecule has 1 aliphatic heterocycles. The highest BCUT2D eigenvalue weighted by atomic mass is 35.5. The van der Waals surface area contributed by atoms with Gasteiger partial charge in [-0.25, -0.2) is 9.37 Å². The van der Waals surface area contributed by atoms with Crippen molar-refractivity contribution < 1.29 is 9.13 Å². The second kappa shape index (κ2) is 6.53. The molecule has 0 unspecified atom stereocenters. The van der Waals surface area contributed by atoms with Crippen LogP contribution in [0.5, 0.6) is 5.75 Å². The zero-order valence-corrected chi connectivity index (χ0v) is 16.5. The maximum Gasteiger partial charge on any atom is 0.278 e. The van der Waals surface area contributed by atoms with E-state index in [2.05, 4.69) is 0 Å². The zero-order chi connectivity index (χ0) is 19.4. The number of methoxy groups -OCH3 is 1. The van der Waals surface area contributed by atoms with Gasteiger partial charge in [0.25, 0.3) is 5.56 Å². The summed E-state index contributed by atoms with van der Waals surface area (Å²) in [4.78, 5) is 18.0. The number of aromatic nitrogens is 3. The average Bonchev–Trinajstić information content (AvgIpc) is 3.27. The molecular weight excluding hydrogens is 401 g/mol. The number of halogens is 2. The third-order valence-electron chi connectivity index (χ3n) is 5.02. The fourth-order valence-electron chi connectivity index (χ4n) is 3.66. The van der Waals surface area contributed by atoms with Crippen LogP contribution in [0.2, 0.25) is 5.02 Å². The highest BCUT2D eigenvalue weighted by molar-refractivity contribution is 7.99. The molecule has 0 N–H and O–H groups in total. The summed E-state index contributed by atoms with van der Waals surface area (Å²) in [5, 5.41) is 1.91. The molecule has 2 aromatic heterocycles. The molecule has 1 aliphatic rings. The minimum absolute atomic E-state index is 0.0709. The standard InChI is InChI=1S/C20H15ClFN3O2S/c1-27-13-4-5-16-14(9-13)17-18(19(26)24-6-7-28-20(24)23-17)25(16)10-11-2-3-12(22)8-15(11)21/h2-5,8-9H,6-7,10H2,1H3. The molecule has 0 saturated heterocycles. The van der Waals surface area contributed by atoms with Gasteiger partial charge in [-0.1, -0.05) is 29.4 Å². The van der Waals surface area contributed by atoms with Gasteiger partial charge in [0.2, 0.25) is 0 Å². The Bertz CT molecular complexity index is 1310. The predicted molar refractivity (Wildman–Crippen MR) is 109 cm³/mol. The number of fused-ring (bicyclic) bond motifs is 4. The van der Waals surface area contributed by atoms with E-state index in [9.17, 15) is 9.18 Å². The SMILES string of the molecule is COc1ccc2c(c1)c1nc3n(c(=O)c1n2Cc1ccc(F)cc1Cl)CCS3. The first-order valence-corrected chi connectivity index (χ1v) is 10.1. The molecular formula is C20H15ClFN3O2S. The van der Waals surface area contributed by atoms with E-state index in [1.54, 1.807) is 29.5 Å². The van der Waals surface area contributed by atoms with E-state index < -0.39 is 5.82 Å². The van der Waals surface area contributed by atoms with E-state index in [1.807, 2.05) is 22.8 Å². The van der Waals surface area contributed by atoms with E-state index in [0.29, 0.717) is 34.9 Å². The van der Waals surface area contributed by atoms with E-state index >= 15 is 0 Å². The summed E-state index contributed by atoms with van der Waals surface area (Å²) in [6.45, 7) is 0.985. The summed E-state index contributed by atoms with van der Waals surface area (Å²) in [6, 6.07) is 9.96. The van der Waals surface area contributed by atoms with Crippen molar-refractivity contribution in [1.82, 2.24) is 14.1 Å². The normalized spacial score (nSPS) is 13.4. The first-order valence-electron chi connectivity index (χ1n) is 8.74. The summed E-state index contributed by atoms with van der Waals surface area (Å²) in [6.07, 6.45) is 0. The van der Waals surface area contributed by atoms with Gasteiger partial charge in [-0.05, 0) is 35.9 Å². The minimum atomic E-state index is -0.391. The van der Waals surface area contributed by atoms with Crippen LogP contribution in [0.25, 0.3) is 21.9 Å². The molecule has 5 rings (SSSR count). The van der Waals surface area contributed by atoms with Crippen molar-refractivity contribution in [3.05, 3.63) is 63.2 Å². The lowest BCUT2D eigenvalue weighted by Gasteiger charge is -2.10. The Morgan fingerprint density at radius 2 is 2.14 bits per heavy atom. The van der Waals surface area contributed by atoms with Crippen molar-refractivity contribution in [3.63, 3.8) is 0 Å². The molecule has 0 bridgehead atoms. The molecule has 0 radical (unpaired) electrons. The Balaban J connectivity index is 1.84. The maximum absolute atomic E-state index is 13.5. The van der Waals surface area contributed by atoms with Gasteiger partial charge in [-0.2, -0.15) is 0 Å². The third kappa shape index (κ3) is 2.61. The van der Waals surface area contributed by atoms with Gasteiger partial charge < -0.3 is 9.30 Å². The Morgan fingerprint density at radius 1 is 1.29 bits per heavy atom. The predicted octanol–water partition coefficient (Wildman–Crippen LogP) is 4.31. The molecule has 8 heteroatoms. The van der Waals surface area contributed by atoms with Crippen LogP contribution in [0.15, 0.2) is 46.3 Å². The van der Waals surface area contributed by atoms with Gasteiger partial charge >= 0.3 is 0 Å². The van der Waals surface area contributed by atoms with Crippen LogP contribution in [0, 0.1) is 5.82 Å². The molecule has 0 saturated carbocycles. The minimum Gasteiger partial charge on any atom is -0.497 e. The first-order chi connectivity index (χ1) is 13.6. The Labute approximate surface area is 168 Å². The molecule has 5 nitrogen and oxygen atoms in total. The lowest BCUT2D eigenvalue weighted by Crippen LogP contribution is -2.22. The number of hydrogen-bond acceptors (Lipinski definition) is 4. The van der Waals surface area contributed by atoms with Crippen LogP contribution in [0.3, 0.4) is 0 Å². The number of benzene rings is 2. The summed E-state index contributed by atoms with van der Waals surface area (Å²) in [7, 11) is 1.61. The summed E-state index contributed by atoms with van der Waals surface area (Å²) in [5.74, 6) is 1.14. The van der Waals surface area contributed by atoms with Gasteiger partial charge in [-0.15, -0.1) is 0 Å². The second-order valence-corrected chi connectivity index (χ2v) is 8.07. The fourth-order valence-corrected chi connectivity index (χ4v) is 4.83. The van der Waals surface area contributed by atoms with Crippen LogP contribution in [0.4, 0.5) is 4.39 Å². The zero-order valence-electron chi connectivity index (χ0n) is 14.9. The smallest absolute Gasteiger partial charge is 0.278 e. The Kier molecular flexibility index (Phi) is 4.10. The number of thioether (sulfide) groups is 1. The van der Waals surface area contributed by atoms with Crippen LogP contribution < -0.4 is 10.3 Å². The number of hydrogen-bond donors (Lipinski definition) is 0. The van der Waals surface area contributed by atoms with E-state index in [0.717, 1.165) is 27.4 Å². The molecule has 0 fully saturated rings. The monoisotopic (exact) mass is 415 g/mol. The van der Waals surface area contributed by atoms with Crippen LogP contribution >= 0.6 is 23.4 Å². The molecule has 2 aromatic carbocycles. The fraction of sp³-hybridized carbons (Fsp3) is 0.200. The highest BCUT2D eigenvalue weighted by Crippen LogP contribution is 2.33. The van der Waals surface area contributed by atoms with Crippen molar-refractivity contribution >= 4 is 45.3 Å². The summed E-state index contributed by atoms with van der Waals surface area (Å²) in [5.41, 5.74) is 2.69. The van der Waals surface area contributed by atoms with Crippen LogP contribution in [-0.2, 0) is 13.1 Å². The molecule has 0 amide bonds. The lowest BCUT2D eigenvalue weighted by molar-refractivity contribution is 0.415. The largest absolute Gasteiger partial charge is 0.497 e. The molecule has 3 heterocycles. The van der Waals surface area contributed by atoms with Crippen LogP contribution in [0.1, 0.15) is 5.56 Å². The van der Waals surface area contributed by atoms with Crippen molar-refractivity contribution in [3.8, 4) is 5.75 Å². The molecule has 4 aromatic rings. The highest BCUT2D eigenvalue weighted by Gasteiger charge is 2.23. The van der Waals surface area contributed by atoms with Gasteiger partial charge in [0.1, 0.15) is 22.6 Å². The van der Waals surface area contributed by atoms with Gasteiger partial charge in [0.15, 0.2) is 5.16 Å². The van der Waals surface area contributed by atoms with Crippen LogP contribution in [-0.4, -0.2) is 27.0 Å². The Hall–Kier alpha value is -2.51. The molecule has 28 heavy (non-hydrogen) atoms. The van der Waals surface area contributed by atoms with Gasteiger partial charge in [0, 0.05) is 29.3 Å². The summed E-state index contributed by atoms with van der Waals surface area (Å²) < 4.78 is 22.5. The first kappa shape index (κ1) is 17.6. The molecule has 0 spiro atoms. The molecule has 0 aliphatic carbocycles. The van der Waals surface area contributed by atoms with Gasteiger partial charge in [-0.3, -0.25) is 9.36 Å². The second-order valence-electron chi connectivity index (χ2n) is 6.60. The van der Waals surface area contributed by atoms with E-state index in [4.69, 9.17) is 21.3 Å². The van der Waals surface area contributed by atoms with E-state index in [1.165, 1.54) is 12.1 Å². The quantitative estimate of drug-likeness (QED) is 0.468.